The predicted molar refractivity (Wildman–Crippen MR) is 95.6 cm³/mol. The van der Waals surface area contributed by atoms with Crippen molar-refractivity contribution < 1.29 is 14.3 Å². The number of nitrogens with one attached hydrogen (secondary N) is 1. The normalized spacial score (nSPS) is 11.7. The van der Waals surface area contributed by atoms with E-state index in [9.17, 15) is 4.79 Å². The van der Waals surface area contributed by atoms with Crippen LogP contribution in [0.5, 0.6) is 11.5 Å². The molecule has 0 bridgehead atoms. The average Bonchev–Trinajstić information content (AvgIpc) is 2.61. The van der Waals surface area contributed by atoms with Crippen molar-refractivity contribution in [3.63, 3.8) is 0 Å². The summed E-state index contributed by atoms with van der Waals surface area (Å²) in [7, 11) is 3.20. The van der Waals surface area contributed by atoms with Crippen molar-refractivity contribution in [2.24, 2.45) is 0 Å². The van der Waals surface area contributed by atoms with Gasteiger partial charge in [-0.3, -0.25) is 4.79 Å². The Balaban J connectivity index is 2.04. The molecule has 0 aliphatic heterocycles. The first kappa shape index (κ1) is 17.9. The van der Waals surface area contributed by atoms with E-state index in [0.29, 0.717) is 11.5 Å². The van der Waals surface area contributed by atoms with Crippen LogP contribution in [0.15, 0.2) is 42.5 Å². The molecule has 0 saturated carbocycles. The number of benzene rings is 2. The summed E-state index contributed by atoms with van der Waals surface area (Å²) < 4.78 is 10.5. The third kappa shape index (κ3) is 4.51. The maximum atomic E-state index is 12.4. The maximum Gasteiger partial charge on any atom is 0.225 e. The Morgan fingerprint density at radius 3 is 2.38 bits per heavy atom. The molecular formula is C20H25NO3. The summed E-state index contributed by atoms with van der Waals surface area (Å²) in [5.74, 6) is 1.35. The van der Waals surface area contributed by atoms with Gasteiger partial charge in [0.2, 0.25) is 5.91 Å². The summed E-state index contributed by atoms with van der Waals surface area (Å²) >= 11 is 0. The minimum absolute atomic E-state index is 0.0417. The van der Waals surface area contributed by atoms with Crippen molar-refractivity contribution in [1.29, 1.82) is 0 Å². The van der Waals surface area contributed by atoms with Gasteiger partial charge in [0.15, 0.2) is 0 Å². The Hall–Kier alpha value is -2.49. The first-order valence-corrected chi connectivity index (χ1v) is 8.16. The minimum Gasteiger partial charge on any atom is -0.497 e. The molecule has 4 heteroatoms. The van der Waals surface area contributed by atoms with Gasteiger partial charge in [-0.05, 0) is 42.7 Å². The van der Waals surface area contributed by atoms with Crippen LogP contribution < -0.4 is 14.8 Å². The van der Waals surface area contributed by atoms with Crippen molar-refractivity contribution in [3.8, 4) is 11.5 Å². The molecule has 0 spiro atoms. The lowest BCUT2D eigenvalue weighted by Crippen LogP contribution is -2.28. The SMILES string of the molecule is CCc1ccc(C(C)NC(=O)Cc2cc(OC)ccc2OC)cc1. The largest absolute Gasteiger partial charge is 0.497 e. The lowest BCUT2D eigenvalue weighted by atomic mass is 10.0. The van der Waals surface area contributed by atoms with Gasteiger partial charge < -0.3 is 14.8 Å². The van der Waals surface area contributed by atoms with E-state index in [1.165, 1.54) is 5.56 Å². The van der Waals surface area contributed by atoms with E-state index in [0.717, 1.165) is 17.5 Å². The lowest BCUT2D eigenvalue weighted by Gasteiger charge is -2.16. The minimum atomic E-state index is -0.0476. The van der Waals surface area contributed by atoms with Crippen molar-refractivity contribution in [2.45, 2.75) is 32.7 Å². The van der Waals surface area contributed by atoms with Crippen LogP contribution in [-0.2, 0) is 17.6 Å². The predicted octanol–water partition coefficient (Wildman–Crippen LogP) is 3.69. The highest BCUT2D eigenvalue weighted by molar-refractivity contribution is 5.80. The zero-order chi connectivity index (χ0) is 17.5. The zero-order valence-corrected chi connectivity index (χ0v) is 14.8. The number of methoxy groups -OCH3 is 2. The fourth-order valence-electron chi connectivity index (χ4n) is 2.61. The molecule has 128 valence electrons. The molecule has 1 atom stereocenters. The van der Waals surface area contributed by atoms with E-state index < -0.39 is 0 Å². The molecule has 1 amide bonds. The highest BCUT2D eigenvalue weighted by atomic mass is 16.5. The van der Waals surface area contributed by atoms with Gasteiger partial charge in [-0.15, -0.1) is 0 Å². The van der Waals surface area contributed by atoms with Gasteiger partial charge in [-0.1, -0.05) is 31.2 Å². The molecule has 0 aliphatic carbocycles. The van der Waals surface area contributed by atoms with Crippen molar-refractivity contribution in [3.05, 3.63) is 59.2 Å². The van der Waals surface area contributed by atoms with Crippen LogP contribution in [0.25, 0.3) is 0 Å². The number of amides is 1. The zero-order valence-electron chi connectivity index (χ0n) is 14.8. The highest BCUT2D eigenvalue weighted by Gasteiger charge is 2.13. The number of aryl methyl sites for hydroxylation is 1. The first-order chi connectivity index (χ1) is 11.6. The molecule has 24 heavy (non-hydrogen) atoms. The van der Waals surface area contributed by atoms with E-state index in [2.05, 4.69) is 36.5 Å². The average molecular weight is 327 g/mol. The first-order valence-electron chi connectivity index (χ1n) is 8.16. The van der Waals surface area contributed by atoms with Crippen LogP contribution >= 0.6 is 0 Å². The van der Waals surface area contributed by atoms with E-state index in [1.54, 1.807) is 14.2 Å². The second-order valence-corrected chi connectivity index (χ2v) is 5.74. The van der Waals surface area contributed by atoms with Gasteiger partial charge in [0.1, 0.15) is 11.5 Å². The highest BCUT2D eigenvalue weighted by Crippen LogP contribution is 2.24. The molecule has 2 rings (SSSR count). The molecule has 0 saturated heterocycles. The Morgan fingerprint density at radius 1 is 1.08 bits per heavy atom. The van der Waals surface area contributed by atoms with Gasteiger partial charge in [0.25, 0.3) is 0 Å². The smallest absolute Gasteiger partial charge is 0.225 e. The second kappa shape index (κ2) is 8.39. The van der Waals surface area contributed by atoms with Crippen LogP contribution in [0.4, 0.5) is 0 Å². The Labute approximate surface area is 143 Å². The number of ether oxygens (including phenoxy) is 2. The lowest BCUT2D eigenvalue weighted by molar-refractivity contribution is -0.121. The van der Waals surface area contributed by atoms with Crippen LogP contribution in [0.3, 0.4) is 0 Å². The maximum absolute atomic E-state index is 12.4. The monoisotopic (exact) mass is 327 g/mol. The van der Waals surface area contributed by atoms with Crippen molar-refractivity contribution in [1.82, 2.24) is 5.32 Å². The topological polar surface area (TPSA) is 47.6 Å². The summed E-state index contributed by atoms with van der Waals surface area (Å²) in [6, 6.07) is 13.8. The number of hydrogen-bond donors (Lipinski definition) is 1. The van der Waals surface area contributed by atoms with Crippen LogP contribution in [0.2, 0.25) is 0 Å². The molecule has 0 aromatic heterocycles. The summed E-state index contributed by atoms with van der Waals surface area (Å²) in [5.41, 5.74) is 3.19. The number of rotatable bonds is 7. The summed E-state index contributed by atoms with van der Waals surface area (Å²) in [6.45, 7) is 4.11. The summed E-state index contributed by atoms with van der Waals surface area (Å²) in [5, 5.41) is 3.04. The number of hydrogen-bond acceptors (Lipinski definition) is 3. The Kier molecular flexibility index (Phi) is 6.24. The molecule has 2 aromatic rings. The van der Waals surface area contributed by atoms with Gasteiger partial charge in [0, 0.05) is 5.56 Å². The summed E-state index contributed by atoms with van der Waals surface area (Å²) in [6.07, 6.45) is 1.26. The molecule has 2 aromatic carbocycles. The van der Waals surface area contributed by atoms with Gasteiger partial charge in [-0.25, -0.2) is 0 Å². The van der Waals surface area contributed by atoms with E-state index in [1.807, 2.05) is 25.1 Å². The third-order valence-corrected chi connectivity index (χ3v) is 4.10. The Bertz CT molecular complexity index is 680. The van der Waals surface area contributed by atoms with E-state index in [4.69, 9.17) is 9.47 Å². The molecule has 0 aliphatic rings. The quantitative estimate of drug-likeness (QED) is 0.844. The molecule has 1 unspecified atom stereocenters. The standard InChI is InChI=1S/C20H25NO3/c1-5-15-6-8-16(9-7-15)14(2)21-20(22)13-17-12-18(23-3)10-11-19(17)24-4/h6-12,14H,5,13H2,1-4H3,(H,21,22). The molecule has 1 N–H and O–H groups in total. The number of carbonyl (C=O) groups is 1. The molecule has 0 heterocycles. The molecule has 4 nitrogen and oxygen atoms in total. The van der Waals surface area contributed by atoms with Gasteiger partial charge in [0.05, 0.1) is 26.7 Å². The fraction of sp³-hybridized carbons (Fsp3) is 0.350. The van der Waals surface area contributed by atoms with Crippen LogP contribution in [-0.4, -0.2) is 20.1 Å². The van der Waals surface area contributed by atoms with Crippen molar-refractivity contribution >= 4 is 5.91 Å². The molecular weight excluding hydrogens is 302 g/mol. The van der Waals surface area contributed by atoms with Crippen molar-refractivity contribution in [2.75, 3.05) is 14.2 Å². The molecule has 0 fully saturated rings. The van der Waals surface area contributed by atoms with Gasteiger partial charge >= 0.3 is 0 Å². The third-order valence-electron chi connectivity index (χ3n) is 4.10. The van der Waals surface area contributed by atoms with Crippen LogP contribution in [0, 0.1) is 0 Å². The summed E-state index contributed by atoms with van der Waals surface area (Å²) in [4.78, 5) is 12.4. The van der Waals surface area contributed by atoms with E-state index in [-0.39, 0.29) is 18.4 Å². The Morgan fingerprint density at radius 2 is 1.79 bits per heavy atom. The molecule has 0 radical (unpaired) electrons. The van der Waals surface area contributed by atoms with Gasteiger partial charge in [-0.2, -0.15) is 0 Å². The number of carbonyl (C=O) groups excluding carboxylic acids is 1. The fourth-order valence-corrected chi connectivity index (χ4v) is 2.61. The van der Waals surface area contributed by atoms with E-state index >= 15 is 0 Å². The second-order valence-electron chi connectivity index (χ2n) is 5.74. The van der Waals surface area contributed by atoms with Crippen LogP contribution in [0.1, 0.15) is 36.6 Å².